The van der Waals surface area contributed by atoms with E-state index >= 15 is 0 Å². The van der Waals surface area contributed by atoms with Gasteiger partial charge in [0.25, 0.3) is 0 Å². The van der Waals surface area contributed by atoms with Crippen molar-refractivity contribution in [1.29, 1.82) is 0 Å². The van der Waals surface area contributed by atoms with Gasteiger partial charge in [0.05, 0.1) is 5.58 Å². The molecule has 4 heterocycles. The molecule has 0 aliphatic heterocycles. The van der Waals surface area contributed by atoms with Crippen LogP contribution in [0.5, 0.6) is 11.5 Å². The maximum Gasteiger partial charge on any atom is 2.00 e. The molecule has 0 saturated heterocycles. The number of nitrogens with zero attached hydrogens (tertiary/aromatic N) is 3. The number of aryl methyl sites for hydroxylation is 1. The van der Waals surface area contributed by atoms with Gasteiger partial charge < -0.3 is 18.7 Å². The van der Waals surface area contributed by atoms with Gasteiger partial charge in [0, 0.05) is 40.9 Å². The first-order valence-electron chi connectivity index (χ1n) is 16.4. The second kappa shape index (κ2) is 12.5. The van der Waals surface area contributed by atoms with Crippen LogP contribution in [0.1, 0.15) is 25.0 Å². The zero-order chi connectivity index (χ0) is 33.2. The summed E-state index contributed by atoms with van der Waals surface area (Å²) in [6.45, 7) is 6.20. The molecule has 0 spiro atoms. The maximum absolute atomic E-state index is 14.7. The number of ether oxygens (including phenoxy) is 1. The molecule has 0 aliphatic rings. The van der Waals surface area contributed by atoms with Crippen molar-refractivity contribution in [1.82, 2.24) is 14.5 Å². The number of benzene rings is 5. The molecule has 0 aliphatic carbocycles. The van der Waals surface area contributed by atoms with E-state index in [2.05, 4.69) is 71.9 Å². The van der Waals surface area contributed by atoms with E-state index in [0.717, 1.165) is 61.3 Å². The number of furan rings is 1. The van der Waals surface area contributed by atoms with Gasteiger partial charge in [-0.2, -0.15) is 6.07 Å². The van der Waals surface area contributed by atoms with Gasteiger partial charge in [-0.15, -0.1) is 17.5 Å². The molecule has 4 aromatic heterocycles. The predicted octanol–water partition coefficient (Wildman–Crippen LogP) is 11.3. The Labute approximate surface area is 302 Å². The van der Waals surface area contributed by atoms with Crippen LogP contribution in [0.3, 0.4) is 0 Å². The van der Waals surface area contributed by atoms with E-state index in [1.165, 1.54) is 11.6 Å². The number of hydrogen-bond acceptors (Lipinski definition) is 4. The van der Waals surface area contributed by atoms with Crippen molar-refractivity contribution in [3.05, 3.63) is 139 Å². The zero-order valence-corrected chi connectivity index (χ0v) is 29.8. The molecular weight excluding hydrogens is 805 g/mol. The fraction of sp³-hybridized carbons (Fsp3) is 0.116. The topological polar surface area (TPSA) is 53.1 Å². The van der Waals surface area contributed by atoms with E-state index in [9.17, 15) is 4.39 Å². The second-order valence-electron chi connectivity index (χ2n) is 13.0. The minimum Gasteiger partial charge on any atom is -0.503 e. The van der Waals surface area contributed by atoms with Gasteiger partial charge in [-0.25, -0.2) is 9.37 Å². The average Bonchev–Trinajstić information content (AvgIpc) is 3.62. The van der Waals surface area contributed by atoms with Crippen LogP contribution in [-0.4, -0.2) is 14.5 Å². The molecule has 0 amide bonds. The van der Waals surface area contributed by atoms with Crippen LogP contribution in [0, 0.1) is 30.8 Å². The van der Waals surface area contributed by atoms with Crippen LogP contribution in [0.15, 0.2) is 114 Å². The summed E-state index contributed by atoms with van der Waals surface area (Å²) in [5, 5.41) is 5.79. The predicted molar refractivity (Wildman–Crippen MR) is 194 cm³/mol. The minimum atomic E-state index is -0.319. The van der Waals surface area contributed by atoms with Crippen LogP contribution < -0.4 is 4.74 Å². The zero-order valence-electron chi connectivity index (χ0n) is 27.5. The van der Waals surface area contributed by atoms with Gasteiger partial charge in [0.2, 0.25) is 0 Å². The normalized spacial score (nSPS) is 11.7. The Hall–Kier alpha value is -5.32. The van der Waals surface area contributed by atoms with Crippen molar-refractivity contribution in [3.63, 3.8) is 0 Å². The number of rotatable bonds is 6. The Kier molecular flexibility index (Phi) is 8.00. The summed E-state index contributed by atoms with van der Waals surface area (Å²) in [6.07, 6.45) is 4.59. The second-order valence-corrected chi connectivity index (χ2v) is 13.0. The van der Waals surface area contributed by atoms with Gasteiger partial charge in [0.1, 0.15) is 17.2 Å². The SMILES string of the molecule is Cc1cc2c(cc1F)oc1c(-c3nccc4cc(CC(C)C)ccc34)[c-]c(Oc3[c-]c4c(cc3)c3ccccc3n4-c3ccccn3)cc12.[Pt+2]. The van der Waals surface area contributed by atoms with Crippen molar-refractivity contribution in [3.8, 4) is 28.6 Å². The fourth-order valence-electron chi connectivity index (χ4n) is 6.94. The van der Waals surface area contributed by atoms with E-state index in [-0.39, 0.29) is 26.9 Å². The molecule has 0 fully saturated rings. The fourth-order valence-corrected chi connectivity index (χ4v) is 6.94. The molecule has 5 aromatic carbocycles. The summed E-state index contributed by atoms with van der Waals surface area (Å²) in [7, 11) is 0. The first kappa shape index (κ1) is 31.9. The van der Waals surface area contributed by atoms with E-state index in [1.54, 1.807) is 13.1 Å². The van der Waals surface area contributed by atoms with Crippen LogP contribution in [0.4, 0.5) is 4.39 Å². The molecule has 0 atom stereocenters. The Balaban J connectivity index is 0.00000361. The van der Waals surface area contributed by atoms with Crippen molar-refractivity contribution < 1.29 is 34.6 Å². The van der Waals surface area contributed by atoms with E-state index in [1.807, 2.05) is 60.8 Å². The largest absolute Gasteiger partial charge is 2.00 e. The number of halogens is 1. The van der Waals surface area contributed by atoms with Gasteiger partial charge in [-0.1, -0.05) is 84.9 Å². The molecular formula is C43H30FN3O2Pt. The van der Waals surface area contributed by atoms with Crippen molar-refractivity contribution in [2.24, 2.45) is 5.92 Å². The van der Waals surface area contributed by atoms with Crippen LogP contribution >= 0.6 is 0 Å². The molecule has 0 saturated carbocycles. The molecule has 5 nitrogen and oxygen atoms in total. The van der Waals surface area contributed by atoms with Crippen molar-refractivity contribution in [2.45, 2.75) is 27.2 Å². The molecule has 7 heteroatoms. The Morgan fingerprint density at radius 1 is 0.780 bits per heavy atom. The third kappa shape index (κ3) is 5.35. The average molecular weight is 835 g/mol. The van der Waals surface area contributed by atoms with Crippen LogP contribution in [0.2, 0.25) is 0 Å². The van der Waals surface area contributed by atoms with E-state index in [0.29, 0.717) is 39.7 Å². The summed E-state index contributed by atoms with van der Waals surface area (Å²) in [4.78, 5) is 9.49. The summed E-state index contributed by atoms with van der Waals surface area (Å²) in [6, 6.07) is 38.8. The van der Waals surface area contributed by atoms with Gasteiger partial charge >= 0.3 is 21.1 Å². The van der Waals surface area contributed by atoms with E-state index < -0.39 is 0 Å². The Morgan fingerprint density at radius 3 is 2.46 bits per heavy atom. The third-order valence-corrected chi connectivity index (χ3v) is 9.12. The molecule has 9 aromatic rings. The smallest absolute Gasteiger partial charge is 0.503 e. The first-order chi connectivity index (χ1) is 23.9. The molecule has 0 N–H and O–H groups in total. The third-order valence-electron chi connectivity index (χ3n) is 9.12. The van der Waals surface area contributed by atoms with Gasteiger partial charge in [-0.3, -0.25) is 0 Å². The summed E-state index contributed by atoms with van der Waals surface area (Å²) in [5.74, 6) is 2.01. The van der Waals surface area contributed by atoms with Crippen molar-refractivity contribution in [2.75, 3.05) is 0 Å². The van der Waals surface area contributed by atoms with Crippen molar-refractivity contribution >= 4 is 54.5 Å². The molecule has 9 rings (SSSR count). The van der Waals surface area contributed by atoms with E-state index in [4.69, 9.17) is 14.1 Å². The molecule has 0 unspecified atom stereocenters. The van der Waals surface area contributed by atoms with Gasteiger partial charge in [-0.05, 0) is 82.6 Å². The van der Waals surface area contributed by atoms with Crippen LogP contribution in [-0.2, 0) is 27.5 Å². The number of pyridine rings is 2. The monoisotopic (exact) mass is 834 g/mol. The van der Waals surface area contributed by atoms with Gasteiger partial charge in [0.15, 0.2) is 0 Å². The minimum absolute atomic E-state index is 0. The first-order valence-corrected chi connectivity index (χ1v) is 16.4. The quantitative estimate of drug-likeness (QED) is 0.157. The standard InChI is InChI=1S/C43H30FN3O2.Pt/c1-25(2)18-27-11-13-31-28(20-27)15-17-46-42(31)36-22-30(21-35-34-19-26(3)37(44)24-40(34)49-43(35)36)48-29-12-14-33-32-8-4-5-9-38(32)47(39(33)23-29)41-10-6-7-16-45-41;/h4-17,19-21,24-25H,18H2,1-3H3;/q-2;+2. The molecule has 0 radical (unpaired) electrons. The molecule has 0 bridgehead atoms. The Bertz CT molecular complexity index is 2730. The molecule has 50 heavy (non-hydrogen) atoms. The number of para-hydroxylation sites is 1. The maximum atomic E-state index is 14.7. The Morgan fingerprint density at radius 2 is 1.62 bits per heavy atom. The number of fused-ring (bicyclic) bond motifs is 7. The number of hydrogen-bond donors (Lipinski definition) is 0. The summed E-state index contributed by atoms with van der Waals surface area (Å²) in [5.41, 5.74) is 6.09. The molecule has 246 valence electrons. The van der Waals surface area contributed by atoms with Crippen LogP contribution in [0.25, 0.3) is 71.6 Å². The number of aromatic nitrogens is 3. The summed E-state index contributed by atoms with van der Waals surface area (Å²) >= 11 is 0. The summed E-state index contributed by atoms with van der Waals surface area (Å²) < 4.78 is 29.8.